The molecule has 0 unspecified atom stereocenters. The van der Waals surface area contributed by atoms with E-state index in [1.54, 1.807) is 9.13 Å². The van der Waals surface area contributed by atoms with Gasteiger partial charge in [-0.2, -0.15) is 0 Å². The van der Waals surface area contributed by atoms with E-state index in [4.69, 9.17) is 5.73 Å². The molecular weight excluding hydrogens is 254 g/mol. The Morgan fingerprint density at radius 3 is 2.60 bits per heavy atom. The van der Waals surface area contributed by atoms with Crippen LogP contribution in [0.4, 0.5) is 5.82 Å². The molecule has 0 bridgehead atoms. The highest BCUT2D eigenvalue weighted by Gasteiger charge is 2.16. The number of fused-ring (bicyclic) bond motifs is 1. The number of aryl methyl sites for hydroxylation is 1. The van der Waals surface area contributed by atoms with Gasteiger partial charge in [-0.15, -0.1) is 0 Å². The fraction of sp³-hybridized carbons (Fsp3) is 0.214. The average molecular weight is 269 g/mol. The van der Waals surface area contributed by atoms with E-state index in [-0.39, 0.29) is 5.69 Å². The van der Waals surface area contributed by atoms with Crippen molar-refractivity contribution >= 4 is 17.0 Å². The van der Waals surface area contributed by atoms with Crippen LogP contribution in [0.1, 0.15) is 12.5 Å². The molecule has 0 radical (unpaired) electrons. The summed E-state index contributed by atoms with van der Waals surface area (Å²) in [4.78, 5) is 20.7. The summed E-state index contributed by atoms with van der Waals surface area (Å²) in [5.41, 5.74) is 8.00. The molecule has 0 atom stereocenters. The number of aromatic nitrogens is 4. The molecule has 0 spiro atoms. The lowest BCUT2D eigenvalue weighted by Gasteiger charge is -2.02. The minimum Gasteiger partial charge on any atom is -0.382 e. The van der Waals surface area contributed by atoms with Crippen molar-refractivity contribution in [1.82, 2.24) is 19.1 Å². The summed E-state index contributed by atoms with van der Waals surface area (Å²) in [6.07, 6.45) is 1.39. The van der Waals surface area contributed by atoms with Crippen molar-refractivity contribution in [2.45, 2.75) is 20.0 Å². The molecular formula is C14H15N5O. The summed E-state index contributed by atoms with van der Waals surface area (Å²) in [7, 11) is 0. The van der Waals surface area contributed by atoms with Crippen LogP contribution in [0.15, 0.2) is 41.5 Å². The smallest absolute Gasteiger partial charge is 0.330 e. The molecule has 0 fully saturated rings. The molecule has 0 aliphatic rings. The molecule has 0 aliphatic heterocycles. The maximum Gasteiger partial charge on any atom is 0.330 e. The van der Waals surface area contributed by atoms with Crippen LogP contribution in [0, 0.1) is 0 Å². The van der Waals surface area contributed by atoms with Crippen molar-refractivity contribution < 1.29 is 0 Å². The van der Waals surface area contributed by atoms with Crippen LogP contribution in [-0.4, -0.2) is 19.1 Å². The quantitative estimate of drug-likeness (QED) is 0.776. The molecule has 0 amide bonds. The third-order valence-corrected chi connectivity index (χ3v) is 3.32. The monoisotopic (exact) mass is 269 g/mol. The second kappa shape index (κ2) is 4.80. The van der Waals surface area contributed by atoms with Crippen molar-refractivity contribution in [1.29, 1.82) is 0 Å². The van der Waals surface area contributed by atoms with Gasteiger partial charge in [0.2, 0.25) is 0 Å². The average Bonchev–Trinajstić information content (AvgIpc) is 2.74. The van der Waals surface area contributed by atoms with Crippen LogP contribution in [0.5, 0.6) is 0 Å². The van der Waals surface area contributed by atoms with Crippen molar-refractivity contribution in [3.63, 3.8) is 0 Å². The Bertz CT molecular complexity index is 804. The van der Waals surface area contributed by atoms with E-state index in [9.17, 15) is 4.79 Å². The Morgan fingerprint density at radius 2 is 1.90 bits per heavy atom. The van der Waals surface area contributed by atoms with Gasteiger partial charge in [-0.1, -0.05) is 30.3 Å². The van der Waals surface area contributed by atoms with Gasteiger partial charge in [0.15, 0.2) is 11.5 Å². The molecule has 102 valence electrons. The topological polar surface area (TPSA) is 78.7 Å². The van der Waals surface area contributed by atoms with Crippen LogP contribution in [0.25, 0.3) is 11.2 Å². The maximum atomic E-state index is 12.5. The maximum absolute atomic E-state index is 12.5. The highest BCUT2D eigenvalue weighted by Crippen LogP contribution is 2.16. The standard InChI is InChI=1S/C14H15N5O/c1-2-18-11-12(15)16-9-17-13(11)19(14(18)20)8-10-6-4-3-5-7-10/h3-7,9H,2,8H2,1H3,(H2,15,16,17). The van der Waals surface area contributed by atoms with E-state index in [2.05, 4.69) is 9.97 Å². The molecule has 1 aromatic carbocycles. The molecule has 2 heterocycles. The number of hydrogen-bond donors (Lipinski definition) is 1. The molecule has 0 saturated heterocycles. The van der Waals surface area contributed by atoms with Crippen LogP contribution >= 0.6 is 0 Å². The first-order valence-corrected chi connectivity index (χ1v) is 6.45. The molecule has 3 rings (SSSR count). The summed E-state index contributed by atoms with van der Waals surface area (Å²) in [6, 6.07) is 9.80. The summed E-state index contributed by atoms with van der Waals surface area (Å²) in [6.45, 7) is 2.91. The van der Waals surface area contributed by atoms with Gasteiger partial charge in [0.25, 0.3) is 0 Å². The normalized spacial score (nSPS) is 11.1. The second-order valence-electron chi connectivity index (χ2n) is 4.53. The van der Waals surface area contributed by atoms with Crippen LogP contribution in [-0.2, 0) is 13.1 Å². The Kier molecular flexibility index (Phi) is 2.98. The number of imidazole rings is 1. The summed E-state index contributed by atoms with van der Waals surface area (Å²) in [5, 5.41) is 0. The number of hydrogen-bond acceptors (Lipinski definition) is 4. The SMILES string of the molecule is CCn1c(=O)n(Cc2ccccc2)c2ncnc(N)c21. The number of nitrogens with two attached hydrogens (primary N) is 1. The van der Waals surface area contributed by atoms with Crippen LogP contribution in [0.2, 0.25) is 0 Å². The van der Waals surface area contributed by atoms with E-state index < -0.39 is 0 Å². The third kappa shape index (κ3) is 1.85. The molecule has 6 heteroatoms. The zero-order valence-electron chi connectivity index (χ0n) is 11.2. The van der Waals surface area contributed by atoms with E-state index in [0.29, 0.717) is 30.1 Å². The Hall–Kier alpha value is -2.63. The Morgan fingerprint density at radius 1 is 1.15 bits per heavy atom. The van der Waals surface area contributed by atoms with E-state index in [0.717, 1.165) is 5.56 Å². The predicted molar refractivity (Wildman–Crippen MR) is 77.4 cm³/mol. The minimum atomic E-state index is -0.112. The van der Waals surface area contributed by atoms with Gasteiger partial charge >= 0.3 is 5.69 Å². The predicted octanol–water partition coefficient (Wildman–Crippen LogP) is 1.24. The van der Waals surface area contributed by atoms with E-state index >= 15 is 0 Å². The Labute approximate surface area is 115 Å². The fourth-order valence-electron chi connectivity index (χ4n) is 2.37. The Balaban J connectivity index is 2.23. The van der Waals surface area contributed by atoms with Gasteiger partial charge < -0.3 is 5.73 Å². The molecule has 0 aliphatic carbocycles. The first-order valence-electron chi connectivity index (χ1n) is 6.45. The zero-order chi connectivity index (χ0) is 14.1. The van der Waals surface area contributed by atoms with Gasteiger partial charge in [0, 0.05) is 6.54 Å². The first-order chi connectivity index (χ1) is 9.72. The minimum absolute atomic E-state index is 0.112. The molecule has 6 nitrogen and oxygen atoms in total. The lowest BCUT2D eigenvalue weighted by Crippen LogP contribution is -2.24. The number of nitrogen functional groups attached to an aromatic ring is 1. The molecule has 2 aromatic heterocycles. The lowest BCUT2D eigenvalue weighted by atomic mass is 10.2. The van der Waals surface area contributed by atoms with E-state index in [1.807, 2.05) is 37.3 Å². The largest absolute Gasteiger partial charge is 0.382 e. The van der Waals surface area contributed by atoms with Crippen molar-refractivity contribution in [2.75, 3.05) is 5.73 Å². The second-order valence-corrected chi connectivity index (χ2v) is 4.53. The summed E-state index contributed by atoms with van der Waals surface area (Å²) < 4.78 is 3.24. The van der Waals surface area contributed by atoms with Crippen LogP contribution < -0.4 is 11.4 Å². The van der Waals surface area contributed by atoms with Gasteiger partial charge in [-0.05, 0) is 12.5 Å². The lowest BCUT2D eigenvalue weighted by molar-refractivity contribution is 0.683. The third-order valence-electron chi connectivity index (χ3n) is 3.32. The highest BCUT2D eigenvalue weighted by molar-refractivity contribution is 5.82. The fourth-order valence-corrected chi connectivity index (χ4v) is 2.37. The molecule has 3 aromatic rings. The summed E-state index contributed by atoms with van der Waals surface area (Å²) >= 11 is 0. The van der Waals surface area contributed by atoms with Crippen molar-refractivity contribution in [3.05, 3.63) is 52.7 Å². The molecule has 2 N–H and O–H groups in total. The summed E-state index contributed by atoms with van der Waals surface area (Å²) in [5.74, 6) is 0.334. The van der Waals surface area contributed by atoms with Gasteiger partial charge in [0.1, 0.15) is 11.8 Å². The molecule has 0 saturated carbocycles. The van der Waals surface area contributed by atoms with Gasteiger partial charge in [0.05, 0.1) is 6.54 Å². The van der Waals surface area contributed by atoms with Crippen LogP contribution in [0.3, 0.4) is 0 Å². The van der Waals surface area contributed by atoms with Gasteiger partial charge in [-0.25, -0.2) is 14.8 Å². The number of nitrogens with zero attached hydrogens (tertiary/aromatic N) is 4. The van der Waals surface area contributed by atoms with E-state index in [1.165, 1.54) is 6.33 Å². The number of anilines is 1. The first kappa shape index (κ1) is 12.4. The highest BCUT2D eigenvalue weighted by atomic mass is 16.1. The van der Waals surface area contributed by atoms with Crippen molar-refractivity contribution in [2.24, 2.45) is 0 Å². The number of rotatable bonds is 3. The van der Waals surface area contributed by atoms with Crippen molar-refractivity contribution in [3.8, 4) is 0 Å². The number of benzene rings is 1. The zero-order valence-corrected chi connectivity index (χ0v) is 11.2. The van der Waals surface area contributed by atoms with Gasteiger partial charge in [-0.3, -0.25) is 9.13 Å². The molecule has 20 heavy (non-hydrogen) atoms.